The van der Waals surface area contributed by atoms with E-state index in [0.29, 0.717) is 17.9 Å². The minimum Gasteiger partial charge on any atom is -0.497 e. The number of methoxy groups -OCH3 is 1. The number of piperidine rings is 1. The first kappa shape index (κ1) is 15.3. The van der Waals surface area contributed by atoms with E-state index in [0.717, 1.165) is 44.6 Å². The van der Waals surface area contributed by atoms with Crippen molar-refractivity contribution in [1.29, 1.82) is 0 Å². The van der Waals surface area contributed by atoms with Crippen LogP contribution in [0, 0.1) is 5.92 Å². The van der Waals surface area contributed by atoms with Crippen LogP contribution in [0.2, 0.25) is 0 Å². The molecule has 120 valence electrons. The minimum absolute atomic E-state index is 0.221. The van der Waals surface area contributed by atoms with Crippen LogP contribution >= 0.6 is 0 Å². The summed E-state index contributed by atoms with van der Waals surface area (Å²) >= 11 is 0. The van der Waals surface area contributed by atoms with Crippen molar-refractivity contribution < 1.29 is 9.53 Å². The molecule has 1 aromatic rings. The SMILES string of the molecule is COc1ccc([C@H]2C[C@@H](C)N(C(=O)C3CCNCC3)C2)cc1. The first-order chi connectivity index (χ1) is 10.7. The van der Waals surface area contributed by atoms with Gasteiger partial charge in [-0.05, 0) is 57.0 Å². The number of hydrogen-bond acceptors (Lipinski definition) is 3. The smallest absolute Gasteiger partial charge is 0.226 e. The molecule has 2 aliphatic rings. The maximum atomic E-state index is 12.8. The van der Waals surface area contributed by atoms with Crippen molar-refractivity contribution in [2.75, 3.05) is 26.7 Å². The predicted molar refractivity (Wildman–Crippen MR) is 87.1 cm³/mol. The van der Waals surface area contributed by atoms with Gasteiger partial charge in [-0.3, -0.25) is 4.79 Å². The summed E-state index contributed by atoms with van der Waals surface area (Å²) in [5, 5.41) is 3.33. The van der Waals surface area contributed by atoms with Gasteiger partial charge in [-0.2, -0.15) is 0 Å². The third-order valence-corrected chi connectivity index (χ3v) is 5.13. The normalized spacial score (nSPS) is 26.2. The molecule has 2 aliphatic heterocycles. The van der Waals surface area contributed by atoms with Gasteiger partial charge in [0.25, 0.3) is 0 Å². The zero-order valence-electron chi connectivity index (χ0n) is 13.5. The Morgan fingerprint density at radius 2 is 1.91 bits per heavy atom. The molecule has 1 aromatic carbocycles. The van der Waals surface area contributed by atoms with Gasteiger partial charge >= 0.3 is 0 Å². The van der Waals surface area contributed by atoms with Crippen molar-refractivity contribution in [1.82, 2.24) is 10.2 Å². The van der Waals surface area contributed by atoms with Gasteiger partial charge in [-0.25, -0.2) is 0 Å². The summed E-state index contributed by atoms with van der Waals surface area (Å²) < 4.78 is 5.22. The third kappa shape index (κ3) is 3.12. The van der Waals surface area contributed by atoms with Crippen LogP contribution in [0.4, 0.5) is 0 Å². The zero-order valence-corrected chi connectivity index (χ0v) is 13.5. The largest absolute Gasteiger partial charge is 0.497 e. The first-order valence-electron chi connectivity index (χ1n) is 8.34. The van der Waals surface area contributed by atoms with E-state index in [2.05, 4.69) is 29.3 Å². The summed E-state index contributed by atoms with van der Waals surface area (Å²) in [5.41, 5.74) is 1.31. The van der Waals surface area contributed by atoms with E-state index in [1.165, 1.54) is 5.56 Å². The summed E-state index contributed by atoms with van der Waals surface area (Å²) in [4.78, 5) is 14.9. The molecule has 2 fully saturated rings. The van der Waals surface area contributed by atoms with Crippen LogP contribution in [-0.2, 0) is 4.79 Å². The number of likely N-dealkylation sites (tertiary alicyclic amines) is 1. The van der Waals surface area contributed by atoms with Crippen LogP contribution in [0.25, 0.3) is 0 Å². The Morgan fingerprint density at radius 3 is 2.55 bits per heavy atom. The standard InChI is InChI=1S/C18H26N2O2/c1-13-11-16(14-3-5-17(22-2)6-4-14)12-20(13)18(21)15-7-9-19-10-8-15/h3-6,13,15-16,19H,7-12H2,1-2H3/t13-,16+/m1/s1. The second-order valence-electron chi connectivity index (χ2n) is 6.57. The molecule has 2 atom stereocenters. The van der Waals surface area contributed by atoms with E-state index in [1.54, 1.807) is 7.11 Å². The molecule has 2 heterocycles. The van der Waals surface area contributed by atoms with Crippen molar-refractivity contribution in [2.24, 2.45) is 5.92 Å². The van der Waals surface area contributed by atoms with Crippen LogP contribution in [0.5, 0.6) is 5.75 Å². The summed E-state index contributed by atoms with van der Waals surface area (Å²) in [6.45, 7) is 4.99. The van der Waals surface area contributed by atoms with Crippen molar-refractivity contribution in [2.45, 2.75) is 38.1 Å². The van der Waals surface area contributed by atoms with Crippen molar-refractivity contribution in [3.8, 4) is 5.75 Å². The van der Waals surface area contributed by atoms with Gasteiger partial charge in [0.05, 0.1) is 7.11 Å². The van der Waals surface area contributed by atoms with E-state index in [1.807, 2.05) is 12.1 Å². The molecule has 0 bridgehead atoms. The van der Waals surface area contributed by atoms with E-state index in [9.17, 15) is 4.79 Å². The molecule has 4 heteroatoms. The second-order valence-corrected chi connectivity index (χ2v) is 6.57. The highest BCUT2D eigenvalue weighted by molar-refractivity contribution is 5.79. The maximum Gasteiger partial charge on any atom is 0.226 e. The van der Waals surface area contributed by atoms with Crippen molar-refractivity contribution in [3.63, 3.8) is 0 Å². The molecule has 22 heavy (non-hydrogen) atoms. The number of nitrogens with zero attached hydrogens (tertiary/aromatic N) is 1. The highest BCUT2D eigenvalue weighted by Gasteiger charge is 2.36. The zero-order chi connectivity index (χ0) is 15.5. The lowest BCUT2D eigenvalue weighted by molar-refractivity contribution is -0.136. The number of nitrogens with one attached hydrogen (secondary N) is 1. The lowest BCUT2D eigenvalue weighted by Gasteiger charge is -2.29. The quantitative estimate of drug-likeness (QED) is 0.932. The van der Waals surface area contributed by atoms with Gasteiger partial charge in [0.1, 0.15) is 5.75 Å². The molecule has 1 amide bonds. The Labute approximate surface area is 132 Å². The number of ether oxygens (including phenoxy) is 1. The van der Waals surface area contributed by atoms with Gasteiger partial charge in [0, 0.05) is 24.4 Å². The fourth-order valence-corrected chi connectivity index (χ4v) is 3.76. The van der Waals surface area contributed by atoms with Crippen LogP contribution in [0.15, 0.2) is 24.3 Å². The monoisotopic (exact) mass is 302 g/mol. The van der Waals surface area contributed by atoms with Crippen molar-refractivity contribution >= 4 is 5.91 Å². The number of hydrogen-bond donors (Lipinski definition) is 1. The molecule has 3 rings (SSSR count). The highest BCUT2D eigenvalue weighted by Crippen LogP contribution is 2.34. The molecule has 0 aliphatic carbocycles. The van der Waals surface area contributed by atoms with Crippen LogP contribution in [-0.4, -0.2) is 43.6 Å². The van der Waals surface area contributed by atoms with Gasteiger partial charge in [0.15, 0.2) is 0 Å². The molecule has 0 unspecified atom stereocenters. The van der Waals surface area contributed by atoms with Gasteiger partial charge in [0.2, 0.25) is 5.91 Å². The second kappa shape index (κ2) is 6.69. The number of amides is 1. The van der Waals surface area contributed by atoms with Crippen LogP contribution in [0.3, 0.4) is 0 Å². The molecule has 4 nitrogen and oxygen atoms in total. The average Bonchev–Trinajstić information content (AvgIpc) is 2.97. The Bertz CT molecular complexity index is 508. The molecule has 1 N–H and O–H groups in total. The predicted octanol–water partition coefficient (Wildman–Crippen LogP) is 2.40. The molecule has 0 saturated carbocycles. The Balaban J connectivity index is 1.66. The van der Waals surface area contributed by atoms with Gasteiger partial charge < -0.3 is 15.0 Å². The third-order valence-electron chi connectivity index (χ3n) is 5.13. The summed E-state index contributed by atoms with van der Waals surface area (Å²) in [7, 11) is 1.69. The fraction of sp³-hybridized carbons (Fsp3) is 0.611. The number of carbonyl (C=O) groups is 1. The topological polar surface area (TPSA) is 41.6 Å². The van der Waals surface area contributed by atoms with E-state index >= 15 is 0 Å². The Kier molecular flexibility index (Phi) is 4.67. The number of benzene rings is 1. The van der Waals surface area contributed by atoms with E-state index in [-0.39, 0.29) is 5.92 Å². The molecule has 0 radical (unpaired) electrons. The molecule has 2 saturated heterocycles. The summed E-state index contributed by atoms with van der Waals surface area (Å²) in [6.07, 6.45) is 3.02. The van der Waals surface area contributed by atoms with Crippen molar-refractivity contribution in [3.05, 3.63) is 29.8 Å². The lowest BCUT2D eigenvalue weighted by atomic mass is 9.96. The number of rotatable bonds is 3. The van der Waals surface area contributed by atoms with Gasteiger partial charge in [-0.1, -0.05) is 12.1 Å². The Hall–Kier alpha value is -1.55. The Morgan fingerprint density at radius 1 is 1.23 bits per heavy atom. The molecule has 0 spiro atoms. The first-order valence-corrected chi connectivity index (χ1v) is 8.34. The van der Waals surface area contributed by atoms with Crippen LogP contribution in [0.1, 0.15) is 37.7 Å². The molecule has 0 aromatic heterocycles. The summed E-state index contributed by atoms with van der Waals surface area (Å²) in [5.74, 6) is 1.92. The van der Waals surface area contributed by atoms with Gasteiger partial charge in [-0.15, -0.1) is 0 Å². The van der Waals surface area contributed by atoms with E-state index in [4.69, 9.17) is 4.74 Å². The average molecular weight is 302 g/mol. The highest BCUT2D eigenvalue weighted by atomic mass is 16.5. The maximum absolute atomic E-state index is 12.8. The minimum atomic E-state index is 0.221. The number of carbonyl (C=O) groups excluding carboxylic acids is 1. The van der Waals surface area contributed by atoms with Crippen LogP contribution < -0.4 is 10.1 Å². The molecular weight excluding hydrogens is 276 g/mol. The fourth-order valence-electron chi connectivity index (χ4n) is 3.76. The lowest BCUT2D eigenvalue weighted by Crippen LogP contribution is -2.42. The molecular formula is C18H26N2O2. The summed E-state index contributed by atoms with van der Waals surface area (Å²) in [6, 6.07) is 8.63. The van der Waals surface area contributed by atoms with E-state index < -0.39 is 0 Å².